The fraction of sp³-hybridized carbons (Fsp3) is 0.143. The van der Waals surface area contributed by atoms with Crippen LogP contribution in [0.2, 0.25) is 0 Å². The molecule has 1 aromatic carbocycles. The van der Waals surface area contributed by atoms with Gasteiger partial charge in [0.15, 0.2) is 5.69 Å². The summed E-state index contributed by atoms with van der Waals surface area (Å²) in [6.07, 6.45) is 0. The molecule has 0 spiro atoms. The second-order valence-corrected chi connectivity index (χ2v) is 8.10. The molecule has 8 nitrogen and oxygen atoms in total. The van der Waals surface area contributed by atoms with Crippen LogP contribution in [-0.4, -0.2) is 35.4 Å². The van der Waals surface area contributed by atoms with Crippen LogP contribution in [0.5, 0.6) is 5.75 Å². The Kier molecular flexibility index (Phi) is 5.83. The first-order valence-electron chi connectivity index (χ1n) is 9.24. The van der Waals surface area contributed by atoms with E-state index in [1.54, 1.807) is 54.1 Å². The van der Waals surface area contributed by atoms with Crippen molar-refractivity contribution in [3.05, 3.63) is 68.1 Å². The number of methoxy groups -OCH3 is 1. The van der Waals surface area contributed by atoms with E-state index >= 15 is 0 Å². The van der Waals surface area contributed by atoms with Gasteiger partial charge in [-0.25, -0.2) is 4.79 Å². The molecule has 0 saturated heterocycles. The quantitative estimate of drug-likeness (QED) is 0.442. The molecule has 4 aromatic rings. The lowest BCUT2D eigenvalue weighted by molar-refractivity contribution is 0.0520. The maximum atomic E-state index is 13.3. The van der Waals surface area contributed by atoms with E-state index in [0.29, 0.717) is 26.7 Å². The van der Waals surface area contributed by atoms with Crippen LogP contribution < -0.4 is 15.6 Å². The minimum atomic E-state index is -0.649. The van der Waals surface area contributed by atoms with Crippen LogP contribution in [0.25, 0.3) is 16.5 Å². The van der Waals surface area contributed by atoms with Crippen LogP contribution in [0.15, 0.2) is 52.0 Å². The second-order valence-electron chi connectivity index (χ2n) is 6.27. The SMILES string of the molecule is CCOC(=O)c1nn(-c2ccc(OC)cc2)c(=O)c2c(NC(=O)c3cccs3)scc12. The summed E-state index contributed by atoms with van der Waals surface area (Å²) in [6.45, 7) is 1.85. The molecule has 0 fully saturated rings. The molecule has 31 heavy (non-hydrogen) atoms. The number of nitrogens with one attached hydrogen (secondary N) is 1. The zero-order valence-electron chi connectivity index (χ0n) is 16.6. The van der Waals surface area contributed by atoms with Crippen molar-refractivity contribution in [3.8, 4) is 11.4 Å². The van der Waals surface area contributed by atoms with Crippen molar-refractivity contribution in [1.82, 2.24) is 9.78 Å². The molecule has 0 bridgehead atoms. The van der Waals surface area contributed by atoms with Gasteiger partial charge in [-0.15, -0.1) is 22.7 Å². The van der Waals surface area contributed by atoms with Crippen LogP contribution in [0.1, 0.15) is 27.1 Å². The Balaban J connectivity index is 1.89. The van der Waals surface area contributed by atoms with Crippen molar-refractivity contribution in [2.75, 3.05) is 19.0 Å². The minimum absolute atomic E-state index is 0.000130. The predicted octanol–water partition coefficient (Wildman–Crippen LogP) is 3.95. The van der Waals surface area contributed by atoms with Gasteiger partial charge < -0.3 is 14.8 Å². The molecule has 0 aliphatic carbocycles. The minimum Gasteiger partial charge on any atom is -0.497 e. The summed E-state index contributed by atoms with van der Waals surface area (Å²) in [4.78, 5) is 39.0. The Bertz CT molecular complexity index is 1310. The fourth-order valence-electron chi connectivity index (χ4n) is 2.96. The number of carbonyl (C=O) groups is 2. The fourth-order valence-corrected chi connectivity index (χ4v) is 4.51. The van der Waals surface area contributed by atoms with Gasteiger partial charge >= 0.3 is 5.97 Å². The van der Waals surface area contributed by atoms with Gasteiger partial charge in [0, 0.05) is 10.8 Å². The Morgan fingerprint density at radius 3 is 2.58 bits per heavy atom. The van der Waals surface area contributed by atoms with E-state index in [-0.39, 0.29) is 23.6 Å². The molecule has 1 amide bonds. The van der Waals surface area contributed by atoms with E-state index in [1.807, 2.05) is 0 Å². The first-order valence-corrected chi connectivity index (χ1v) is 11.0. The summed E-state index contributed by atoms with van der Waals surface area (Å²) in [6, 6.07) is 10.1. The van der Waals surface area contributed by atoms with Gasteiger partial charge in [0.1, 0.15) is 10.8 Å². The monoisotopic (exact) mass is 455 g/mol. The molecule has 10 heteroatoms. The lowest BCUT2D eigenvalue weighted by atomic mass is 10.2. The summed E-state index contributed by atoms with van der Waals surface area (Å²) in [5.74, 6) is -0.365. The number of ether oxygens (including phenoxy) is 2. The first kappa shape index (κ1) is 20.8. The van der Waals surface area contributed by atoms with Crippen LogP contribution in [0.3, 0.4) is 0 Å². The average Bonchev–Trinajstić information content (AvgIpc) is 3.45. The van der Waals surface area contributed by atoms with Gasteiger partial charge in [-0.2, -0.15) is 9.78 Å². The molecule has 4 rings (SSSR count). The molecular weight excluding hydrogens is 438 g/mol. The third-order valence-electron chi connectivity index (χ3n) is 4.41. The lowest BCUT2D eigenvalue weighted by Gasteiger charge is -2.10. The smallest absolute Gasteiger partial charge is 0.359 e. The standard InChI is InChI=1S/C21H17N3O5S2/c1-3-29-21(27)17-14-11-31-19(22-18(25)15-5-4-10-30-15)16(14)20(26)24(23-17)12-6-8-13(28-2)9-7-12/h4-11H,3H2,1-2H3,(H,22,25). The Labute approximate surface area is 184 Å². The van der Waals surface area contributed by atoms with Crippen molar-refractivity contribution in [2.45, 2.75) is 6.92 Å². The van der Waals surface area contributed by atoms with Crippen molar-refractivity contribution in [2.24, 2.45) is 0 Å². The number of hydrogen-bond acceptors (Lipinski definition) is 8. The molecule has 0 aliphatic rings. The molecule has 158 valence electrons. The number of rotatable bonds is 6. The van der Waals surface area contributed by atoms with Crippen molar-refractivity contribution >= 4 is 50.3 Å². The van der Waals surface area contributed by atoms with E-state index < -0.39 is 11.5 Å². The van der Waals surface area contributed by atoms with Gasteiger partial charge in [0.05, 0.1) is 29.7 Å². The van der Waals surface area contributed by atoms with Crippen molar-refractivity contribution in [3.63, 3.8) is 0 Å². The van der Waals surface area contributed by atoms with Gasteiger partial charge in [0.25, 0.3) is 11.5 Å². The molecule has 1 N–H and O–H groups in total. The van der Waals surface area contributed by atoms with Gasteiger partial charge in [-0.3, -0.25) is 9.59 Å². The number of nitrogens with zero attached hydrogens (tertiary/aromatic N) is 2. The highest BCUT2D eigenvalue weighted by Crippen LogP contribution is 2.31. The van der Waals surface area contributed by atoms with E-state index in [9.17, 15) is 14.4 Å². The van der Waals surface area contributed by atoms with Crippen LogP contribution in [0, 0.1) is 0 Å². The Morgan fingerprint density at radius 1 is 1.16 bits per heavy atom. The number of benzene rings is 1. The highest BCUT2D eigenvalue weighted by molar-refractivity contribution is 7.16. The second kappa shape index (κ2) is 8.70. The molecule has 0 aliphatic heterocycles. The van der Waals surface area contributed by atoms with Crippen molar-refractivity contribution < 1.29 is 19.1 Å². The summed E-state index contributed by atoms with van der Waals surface area (Å²) in [7, 11) is 1.54. The van der Waals surface area contributed by atoms with Gasteiger partial charge in [-0.1, -0.05) is 6.07 Å². The third-order valence-corrected chi connectivity index (χ3v) is 6.17. The Hall–Kier alpha value is -3.50. The number of thiophene rings is 2. The van der Waals surface area contributed by atoms with E-state index in [2.05, 4.69) is 10.4 Å². The zero-order chi connectivity index (χ0) is 22.0. The van der Waals surface area contributed by atoms with Crippen molar-refractivity contribution in [1.29, 1.82) is 0 Å². The molecule has 3 heterocycles. The topological polar surface area (TPSA) is 99.5 Å². The number of anilines is 1. The zero-order valence-corrected chi connectivity index (χ0v) is 18.2. The molecule has 0 saturated carbocycles. The van der Waals surface area contributed by atoms with E-state index in [1.165, 1.54) is 18.4 Å². The summed E-state index contributed by atoms with van der Waals surface area (Å²) in [5.41, 5.74) is -0.0175. The van der Waals surface area contributed by atoms with Crippen LogP contribution in [-0.2, 0) is 4.74 Å². The summed E-state index contributed by atoms with van der Waals surface area (Å²) in [5, 5.41) is 11.3. The van der Waals surface area contributed by atoms with E-state index in [4.69, 9.17) is 9.47 Å². The van der Waals surface area contributed by atoms with Gasteiger partial charge in [0.2, 0.25) is 0 Å². The van der Waals surface area contributed by atoms with E-state index in [0.717, 1.165) is 16.0 Å². The highest BCUT2D eigenvalue weighted by Gasteiger charge is 2.23. The maximum Gasteiger partial charge on any atom is 0.359 e. The lowest BCUT2D eigenvalue weighted by Crippen LogP contribution is -2.25. The van der Waals surface area contributed by atoms with Crippen LogP contribution >= 0.6 is 22.7 Å². The molecule has 3 aromatic heterocycles. The largest absolute Gasteiger partial charge is 0.497 e. The molecule has 0 atom stereocenters. The normalized spacial score (nSPS) is 10.8. The molecular formula is C21H17N3O5S2. The number of fused-ring (bicyclic) bond motifs is 1. The molecule has 0 radical (unpaired) electrons. The number of carbonyl (C=O) groups excluding carboxylic acids is 2. The average molecular weight is 456 g/mol. The first-order chi connectivity index (χ1) is 15.0. The number of aromatic nitrogens is 2. The Morgan fingerprint density at radius 2 is 1.94 bits per heavy atom. The summed E-state index contributed by atoms with van der Waals surface area (Å²) >= 11 is 2.45. The predicted molar refractivity (Wildman–Crippen MR) is 120 cm³/mol. The molecule has 0 unspecified atom stereocenters. The highest BCUT2D eigenvalue weighted by atomic mass is 32.1. The third kappa shape index (κ3) is 3.94. The van der Waals surface area contributed by atoms with Gasteiger partial charge in [-0.05, 0) is 42.6 Å². The maximum absolute atomic E-state index is 13.3. The number of esters is 1. The van der Waals surface area contributed by atoms with Crippen LogP contribution in [0.4, 0.5) is 5.00 Å². The number of hydrogen-bond donors (Lipinski definition) is 1. The summed E-state index contributed by atoms with van der Waals surface area (Å²) < 4.78 is 11.4. The number of amides is 1.